The molecule has 0 aliphatic carbocycles. The first-order chi connectivity index (χ1) is 9.65. The fourth-order valence-corrected chi connectivity index (χ4v) is 1.70. The Morgan fingerprint density at radius 2 is 1.90 bits per heavy atom. The minimum atomic E-state index is -1.04. The molecule has 0 unspecified atom stereocenters. The van der Waals surface area contributed by atoms with Crippen LogP contribution in [0.4, 0.5) is 10.5 Å². The highest BCUT2D eigenvalue weighted by Crippen LogP contribution is 2.12. The quantitative estimate of drug-likeness (QED) is 0.626. The number of carboxylic acids is 1. The third kappa shape index (κ3) is 5.71. The summed E-state index contributed by atoms with van der Waals surface area (Å²) in [4.78, 5) is 24.1. The molecule has 0 bridgehead atoms. The van der Waals surface area contributed by atoms with Gasteiger partial charge in [-0.1, -0.05) is 25.1 Å². The van der Waals surface area contributed by atoms with Crippen LogP contribution in [0.15, 0.2) is 30.3 Å². The molecule has 1 rings (SSSR count). The molecule has 0 aliphatic rings. The van der Waals surface area contributed by atoms with E-state index < -0.39 is 12.0 Å². The van der Waals surface area contributed by atoms with Gasteiger partial charge in [0, 0.05) is 12.2 Å². The van der Waals surface area contributed by atoms with Crippen molar-refractivity contribution in [2.45, 2.75) is 13.3 Å². The normalized spacial score (nSPS) is 10.1. The molecule has 0 aliphatic heterocycles. The number of nitrogens with one attached hydrogen (secondary N) is 2. The first-order valence-corrected chi connectivity index (χ1v) is 6.68. The van der Waals surface area contributed by atoms with E-state index in [1.807, 2.05) is 13.0 Å². The molecule has 110 valence electrons. The van der Waals surface area contributed by atoms with E-state index in [9.17, 15) is 9.59 Å². The second-order valence-electron chi connectivity index (χ2n) is 4.25. The number of hydrogen-bond donors (Lipinski definition) is 3. The maximum absolute atomic E-state index is 12.0. The van der Waals surface area contributed by atoms with Crippen LogP contribution < -0.4 is 15.5 Å². The number of benzene rings is 1. The van der Waals surface area contributed by atoms with Crippen LogP contribution in [0.1, 0.15) is 13.3 Å². The Hall–Kier alpha value is -2.08. The highest BCUT2D eigenvalue weighted by Gasteiger charge is 2.17. The lowest BCUT2D eigenvalue weighted by Gasteiger charge is -2.21. The summed E-state index contributed by atoms with van der Waals surface area (Å²) in [6.07, 6.45) is 0.801. The van der Waals surface area contributed by atoms with Crippen molar-refractivity contribution in [3.63, 3.8) is 0 Å². The lowest BCUT2D eigenvalue weighted by molar-refractivity contribution is -0.135. The topological polar surface area (TPSA) is 81.7 Å². The van der Waals surface area contributed by atoms with Crippen molar-refractivity contribution in [3.05, 3.63) is 30.3 Å². The molecule has 0 radical (unpaired) electrons. The standard InChI is InChI=1S/C14H21N3O3/c1-2-15-9-6-10-16-14(20)17(11-13(18)19)12-7-4-3-5-8-12/h3-5,7-8,15H,2,6,9-11H2,1H3,(H,16,20)(H,18,19). The fourth-order valence-electron chi connectivity index (χ4n) is 1.70. The van der Waals surface area contributed by atoms with Crippen LogP contribution in [-0.2, 0) is 4.79 Å². The summed E-state index contributed by atoms with van der Waals surface area (Å²) in [6.45, 7) is 3.88. The van der Waals surface area contributed by atoms with Crippen molar-refractivity contribution in [1.82, 2.24) is 10.6 Å². The van der Waals surface area contributed by atoms with Crippen molar-refractivity contribution < 1.29 is 14.7 Å². The van der Waals surface area contributed by atoms with Crippen molar-refractivity contribution in [3.8, 4) is 0 Å². The number of hydrogen-bond acceptors (Lipinski definition) is 3. The average molecular weight is 279 g/mol. The molecule has 6 nitrogen and oxygen atoms in total. The summed E-state index contributed by atoms with van der Waals surface area (Å²) in [6, 6.07) is 8.37. The first-order valence-electron chi connectivity index (χ1n) is 6.68. The Morgan fingerprint density at radius 1 is 1.20 bits per heavy atom. The summed E-state index contributed by atoms with van der Waals surface area (Å²) in [5.74, 6) is -1.04. The minimum Gasteiger partial charge on any atom is -0.480 e. The van der Waals surface area contributed by atoms with E-state index in [-0.39, 0.29) is 6.54 Å². The maximum atomic E-state index is 12.0. The van der Waals surface area contributed by atoms with Gasteiger partial charge in [0.05, 0.1) is 0 Å². The molecule has 0 saturated carbocycles. The monoisotopic (exact) mass is 279 g/mol. The molecule has 0 aromatic heterocycles. The third-order valence-electron chi connectivity index (χ3n) is 2.66. The third-order valence-corrected chi connectivity index (χ3v) is 2.66. The molecule has 6 heteroatoms. The fraction of sp³-hybridized carbons (Fsp3) is 0.429. The first kappa shape index (κ1) is 16.0. The van der Waals surface area contributed by atoms with Crippen molar-refractivity contribution in [2.24, 2.45) is 0 Å². The van der Waals surface area contributed by atoms with Gasteiger partial charge in [-0.3, -0.25) is 9.69 Å². The van der Waals surface area contributed by atoms with Gasteiger partial charge in [0.15, 0.2) is 0 Å². The lowest BCUT2D eigenvalue weighted by atomic mass is 10.3. The summed E-state index contributed by atoms with van der Waals surface area (Å²) in [5, 5.41) is 14.8. The number of para-hydroxylation sites is 1. The van der Waals surface area contributed by atoms with Gasteiger partial charge < -0.3 is 15.7 Å². The highest BCUT2D eigenvalue weighted by molar-refractivity contribution is 5.96. The summed E-state index contributed by atoms with van der Waals surface area (Å²) >= 11 is 0. The number of amides is 2. The number of urea groups is 1. The predicted octanol–water partition coefficient (Wildman–Crippen LogP) is 1.29. The van der Waals surface area contributed by atoms with E-state index in [2.05, 4.69) is 10.6 Å². The van der Waals surface area contributed by atoms with E-state index in [0.717, 1.165) is 19.5 Å². The van der Waals surface area contributed by atoms with Gasteiger partial charge >= 0.3 is 12.0 Å². The molecule has 1 aromatic carbocycles. The maximum Gasteiger partial charge on any atom is 0.323 e. The zero-order valence-electron chi connectivity index (χ0n) is 11.6. The second-order valence-corrected chi connectivity index (χ2v) is 4.25. The summed E-state index contributed by atoms with van der Waals surface area (Å²) in [7, 11) is 0. The molecule has 0 spiro atoms. The van der Waals surface area contributed by atoms with Crippen molar-refractivity contribution in [1.29, 1.82) is 0 Å². The Balaban J connectivity index is 2.55. The molecular weight excluding hydrogens is 258 g/mol. The number of anilines is 1. The Labute approximate surface area is 118 Å². The number of aliphatic carboxylic acids is 1. The van der Waals surface area contributed by atoms with Gasteiger partial charge in [0.25, 0.3) is 0 Å². The van der Waals surface area contributed by atoms with E-state index in [4.69, 9.17) is 5.11 Å². The second kappa shape index (κ2) is 8.92. The Morgan fingerprint density at radius 3 is 2.50 bits per heavy atom. The summed E-state index contributed by atoms with van der Waals surface area (Å²) in [5.41, 5.74) is 0.569. The number of carbonyl (C=O) groups is 2. The number of carbonyl (C=O) groups excluding carboxylic acids is 1. The van der Waals surface area contributed by atoms with Crippen LogP contribution in [0.5, 0.6) is 0 Å². The minimum absolute atomic E-state index is 0.358. The number of rotatable bonds is 8. The Kier molecular flexibility index (Phi) is 7.13. The van der Waals surface area contributed by atoms with E-state index in [1.165, 1.54) is 4.90 Å². The SMILES string of the molecule is CCNCCCNC(=O)N(CC(=O)O)c1ccccc1. The molecule has 3 N–H and O–H groups in total. The zero-order valence-corrected chi connectivity index (χ0v) is 11.6. The van der Waals surface area contributed by atoms with Gasteiger partial charge in [-0.05, 0) is 31.6 Å². The molecule has 0 saturated heterocycles. The van der Waals surface area contributed by atoms with E-state index in [0.29, 0.717) is 12.2 Å². The molecule has 0 fully saturated rings. The van der Waals surface area contributed by atoms with Crippen LogP contribution in [0.3, 0.4) is 0 Å². The van der Waals surface area contributed by atoms with Crippen LogP contribution in [-0.4, -0.2) is 43.3 Å². The van der Waals surface area contributed by atoms with Crippen LogP contribution >= 0.6 is 0 Å². The molecule has 1 aromatic rings. The predicted molar refractivity (Wildman–Crippen MR) is 78.0 cm³/mol. The van der Waals surface area contributed by atoms with Crippen molar-refractivity contribution >= 4 is 17.7 Å². The van der Waals surface area contributed by atoms with Crippen molar-refractivity contribution in [2.75, 3.05) is 31.1 Å². The van der Waals surface area contributed by atoms with E-state index >= 15 is 0 Å². The molecule has 20 heavy (non-hydrogen) atoms. The summed E-state index contributed by atoms with van der Waals surface area (Å²) < 4.78 is 0. The van der Waals surface area contributed by atoms with Gasteiger partial charge in [-0.15, -0.1) is 0 Å². The largest absolute Gasteiger partial charge is 0.480 e. The smallest absolute Gasteiger partial charge is 0.323 e. The molecule has 0 atom stereocenters. The Bertz CT molecular complexity index is 423. The molecule has 2 amide bonds. The van der Waals surface area contributed by atoms with Crippen LogP contribution in [0, 0.1) is 0 Å². The van der Waals surface area contributed by atoms with Gasteiger partial charge in [-0.2, -0.15) is 0 Å². The van der Waals surface area contributed by atoms with Gasteiger partial charge in [0.1, 0.15) is 6.54 Å². The number of carboxylic acid groups (broad SMARTS) is 1. The van der Waals surface area contributed by atoms with E-state index in [1.54, 1.807) is 24.3 Å². The van der Waals surface area contributed by atoms with Crippen LogP contribution in [0.25, 0.3) is 0 Å². The highest BCUT2D eigenvalue weighted by atomic mass is 16.4. The van der Waals surface area contributed by atoms with Crippen LogP contribution in [0.2, 0.25) is 0 Å². The average Bonchev–Trinajstić information content (AvgIpc) is 2.45. The van der Waals surface area contributed by atoms with Gasteiger partial charge in [-0.25, -0.2) is 4.79 Å². The number of nitrogens with zero attached hydrogens (tertiary/aromatic N) is 1. The lowest BCUT2D eigenvalue weighted by Crippen LogP contribution is -2.43. The van der Waals surface area contributed by atoms with Gasteiger partial charge in [0.2, 0.25) is 0 Å². The zero-order chi connectivity index (χ0) is 14.8. The molecular formula is C14H21N3O3. The molecule has 0 heterocycles.